The fourth-order valence-electron chi connectivity index (χ4n) is 5.04. The highest BCUT2D eigenvalue weighted by Crippen LogP contribution is 2.41. The summed E-state index contributed by atoms with van der Waals surface area (Å²) in [5.74, 6) is -0.114. The Kier molecular flexibility index (Phi) is 4.62. The Bertz CT molecular complexity index is 986. The number of hydrogen-bond donors (Lipinski definition) is 0. The lowest BCUT2D eigenvalue weighted by Crippen LogP contribution is -2.31. The monoisotopic (exact) mass is 413 g/mol. The van der Waals surface area contributed by atoms with Gasteiger partial charge in [0.2, 0.25) is 0 Å². The summed E-state index contributed by atoms with van der Waals surface area (Å²) >= 11 is 6.41. The number of amides is 1. The molecule has 1 aliphatic carbocycles. The minimum absolute atomic E-state index is 0.0672. The van der Waals surface area contributed by atoms with Crippen LogP contribution in [-0.4, -0.2) is 39.0 Å². The molecule has 1 aromatic carbocycles. The number of nitrogens with zero attached hydrogens (tertiary/aromatic N) is 3. The number of carbonyl (C=O) groups excluding carboxylic acids is 2. The normalized spacial score (nSPS) is 25.8. The molecular weight excluding hydrogens is 390 g/mol. The van der Waals surface area contributed by atoms with Crippen LogP contribution >= 0.6 is 11.6 Å². The van der Waals surface area contributed by atoms with E-state index in [1.807, 2.05) is 21.6 Å². The van der Waals surface area contributed by atoms with Crippen LogP contribution in [0, 0.1) is 5.92 Å². The van der Waals surface area contributed by atoms with E-state index in [9.17, 15) is 9.59 Å². The van der Waals surface area contributed by atoms with Gasteiger partial charge in [0.25, 0.3) is 5.91 Å². The van der Waals surface area contributed by atoms with E-state index in [2.05, 4.69) is 11.9 Å². The van der Waals surface area contributed by atoms with E-state index in [4.69, 9.17) is 16.3 Å². The lowest BCUT2D eigenvalue weighted by atomic mass is 9.88. The van der Waals surface area contributed by atoms with Gasteiger partial charge in [-0.1, -0.05) is 31.0 Å². The molecular formula is C22H24ClN3O3. The fourth-order valence-corrected chi connectivity index (χ4v) is 5.29. The number of fused-ring (bicyclic) bond motifs is 5. The number of halogens is 1. The Morgan fingerprint density at radius 3 is 2.86 bits per heavy atom. The van der Waals surface area contributed by atoms with Crippen molar-refractivity contribution in [3.05, 3.63) is 46.5 Å². The molecule has 1 amide bonds. The summed E-state index contributed by atoms with van der Waals surface area (Å²) in [6.45, 7) is 2.79. The zero-order chi connectivity index (χ0) is 20.1. The van der Waals surface area contributed by atoms with Crippen molar-refractivity contribution in [2.75, 3.05) is 6.54 Å². The van der Waals surface area contributed by atoms with Crippen LogP contribution in [0.25, 0.3) is 5.69 Å². The van der Waals surface area contributed by atoms with Gasteiger partial charge in [0, 0.05) is 6.54 Å². The summed E-state index contributed by atoms with van der Waals surface area (Å²) in [4.78, 5) is 32.6. The largest absolute Gasteiger partial charge is 0.457 e. The molecule has 3 aliphatic rings. The molecule has 3 atom stereocenters. The predicted molar refractivity (Wildman–Crippen MR) is 108 cm³/mol. The molecule has 5 rings (SSSR count). The van der Waals surface area contributed by atoms with E-state index in [1.165, 1.54) is 6.42 Å². The highest BCUT2D eigenvalue weighted by molar-refractivity contribution is 6.34. The van der Waals surface area contributed by atoms with Gasteiger partial charge >= 0.3 is 5.97 Å². The summed E-state index contributed by atoms with van der Waals surface area (Å²) in [5, 5.41) is 0.417. The van der Waals surface area contributed by atoms with Crippen LogP contribution < -0.4 is 0 Å². The average molecular weight is 414 g/mol. The molecule has 0 radical (unpaired) electrons. The minimum atomic E-state index is -0.387. The molecule has 1 saturated carbocycles. The van der Waals surface area contributed by atoms with Crippen LogP contribution in [-0.2, 0) is 4.74 Å². The molecule has 1 saturated heterocycles. The van der Waals surface area contributed by atoms with Crippen LogP contribution in [0.2, 0.25) is 5.02 Å². The molecule has 2 aliphatic heterocycles. The summed E-state index contributed by atoms with van der Waals surface area (Å²) < 4.78 is 7.75. The average Bonchev–Trinajstić information content (AvgIpc) is 3.33. The number of carbonyl (C=O) groups is 2. The van der Waals surface area contributed by atoms with Gasteiger partial charge in [-0.3, -0.25) is 9.36 Å². The van der Waals surface area contributed by atoms with E-state index >= 15 is 0 Å². The van der Waals surface area contributed by atoms with Crippen LogP contribution in [0.3, 0.4) is 0 Å². The topological polar surface area (TPSA) is 64.4 Å². The first kappa shape index (κ1) is 18.7. The van der Waals surface area contributed by atoms with E-state index in [0.717, 1.165) is 37.8 Å². The number of ether oxygens (including phenoxy) is 1. The van der Waals surface area contributed by atoms with E-state index < -0.39 is 0 Å². The molecule has 1 aromatic heterocycles. The lowest BCUT2D eigenvalue weighted by molar-refractivity contribution is 0.00392. The maximum atomic E-state index is 13.2. The highest BCUT2D eigenvalue weighted by Gasteiger charge is 2.41. The third-order valence-electron chi connectivity index (χ3n) is 6.58. The van der Waals surface area contributed by atoms with Crippen molar-refractivity contribution in [2.45, 2.75) is 57.6 Å². The van der Waals surface area contributed by atoms with Gasteiger partial charge < -0.3 is 9.64 Å². The number of rotatable bonds is 2. The van der Waals surface area contributed by atoms with Gasteiger partial charge in [0.1, 0.15) is 12.4 Å². The van der Waals surface area contributed by atoms with Gasteiger partial charge in [-0.05, 0) is 50.2 Å². The number of esters is 1. The lowest BCUT2D eigenvalue weighted by Gasteiger charge is -2.28. The smallest absolute Gasteiger partial charge is 0.359 e. The molecule has 6 nitrogen and oxygen atoms in total. The second kappa shape index (κ2) is 7.17. The molecule has 29 heavy (non-hydrogen) atoms. The molecule has 1 unspecified atom stereocenters. The van der Waals surface area contributed by atoms with Crippen molar-refractivity contribution in [2.24, 2.45) is 5.92 Å². The first-order valence-electron chi connectivity index (χ1n) is 10.4. The number of benzene rings is 1. The minimum Gasteiger partial charge on any atom is -0.457 e. The molecule has 7 heteroatoms. The van der Waals surface area contributed by atoms with Crippen LogP contribution in [0.15, 0.2) is 24.5 Å². The third-order valence-corrected chi connectivity index (χ3v) is 6.90. The first-order valence-corrected chi connectivity index (χ1v) is 10.8. The zero-order valence-electron chi connectivity index (χ0n) is 16.4. The molecule has 3 heterocycles. The summed E-state index contributed by atoms with van der Waals surface area (Å²) in [7, 11) is 0. The Balaban J connectivity index is 1.59. The number of hydrogen-bond acceptors (Lipinski definition) is 4. The number of aromatic nitrogens is 2. The Morgan fingerprint density at radius 2 is 2.03 bits per heavy atom. The maximum absolute atomic E-state index is 13.2. The van der Waals surface area contributed by atoms with E-state index in [-0.39, 0.29) is 24.0 Å². The van der Waals surface area contributed by atoms with Gasteiger partial charge in [0.15, 0.2) is 5.69 Å². The van der Waals surface area contributed by atoms with Crippen molar-refractivity contribution in [1.82, 2.24) is 14.5 Å². The predicted octanol–water partition coefficient (Wildman–Crippen LogP) is 4.55. The van der Waals surface area contributed by atoms with Crippen molar-refractivity contribution in [3.8, 4) is 5.69 Å². The molecule has 0 N–H and O–H groups in total. The Morgan fingerprint density at radius 1 is 1.21 bits per heavy atom. The van der Waals surface area contributed by atoms with Crippen LogP contribution in [0.4, 0.5) is 0 Å². The second-order valence-corrected chi connectivity index (χ2v) is 8.75. The fraction of sp³-hybridized carbons (Fsp3) is 0.500. The van der Waals surface area contributed by atoms with E-state index in [0.29, 0.717) is 34.4 Å². The molecule has 152 valence electrons. The second-order valence-electron chi connectivity index (χ2n) is 8.34. The van der Waals surface area contributed by atoms with Gasteiger partial charge in [-0.25, -0.2) is 9.78 Å². The number of imidazole rings is 1. The summed E-state index contributed by atoms with van der Waals surface area (Å²) in [6.07, 6.45) is 7.49. The maximum Gasteiger partial charge on any atom is 0.359 e. The summed E-state index contributed by atoms with van der Waals surface area (Å²) in [5.41, 5.74) is 2.20. The quantitative estimate of drug-likeness (QED) is 0.677. The zero-order valence-corrected chi connectivity index (χ0v) is 17.2. The Hall–Kier alpha value is -2.34. The molecule has 2 aromatic rings. The van der Waals surface area contributed by atoms with Crippen LogP contribution in [0.1, 0.15) is 78.0 Å². The Labute approximate surface area is 174 Å². The molecule has 0 bridgehead atoms. The highest BCUT2D eigenvalue weighted by atomic mass is 35.5. The third kappa shape index (κ3) is 2.96. The van der Waals surface area contributed by atoms with Crippen molar-refractivity contribution >= 4 is 23.5 Å². The first-order chi connectivity index (χ1) is 14.1. The molecule has 2 fully saturated rings. The van der Waals surface area contributed by atoms with Crippen LogP contribution in [0.5, 0.6) is 0 Å². The van der Waals surface area contributed by atoms with Gasteiger partial charge in [0.05, 0.1) is 28.0 Å². The van der Waals surface area contributed by atoms with Gasteiger partial charge in [-0.15, -0.1) is 0 Å². The molecule has 0 spiro atoms. The van der Waals surface area contributed by atoms with E-state index in [1.54, 1.807) is 12.4 Å². The standard InChI is InChI=1S/C22H24ClN3O3/c1-13-6-2-3-10-17(13)29-22(28)19-20-16-9-5-11-25(16)21(27)18-14(23)7-4-8-15(18)26(20)12-24-19/h4,7-8,12-13,16-17H,2-3,5-6,9-11H2,1H3/t13-,16?,17-/m0/s1. The summed E-state index contributed by atoms with van der Waals surface area (Å²) in [6, 6.07) is 5.20. The van der Waals surface area contributed by atoms with Crippen molar-refractivity contribution in [3.63, 3.8) is 0 Å². The SMILES string of the molecule is C[C@H]1CCCC[C@@H]1OC(=O)c1ncn2c1C1CCCN1C(=O)c1c(Cl)cccc1-2. The van der Waals surface area contributed by atoms with Crippen molar-refractivity contribution < 1.29 is 14.3 Å². The van der Waals surface area contributed by atoms with Crippen molar-refractivity contribution in [1.29, 1.82) is 0 Å². The van der Waals surface area contributed by atoms with Gasteiger partial charge in [-0.2, -0.15) is 0 Å².